The van der Waals surface area contributed by atoms with E-state index in [1.165, 1.54) is 18.3 Å². The number of H-pyrrole nitrogens is 1. The van der Waals surface area contributed by atoms with Crippen LogP contribution in [0.15, 0.2) is 58.8 Å². The van der Waals surface area contributed by atoms with Crippen molar-refractivity contribution in [2.24, 2.45) is 16.8 Å². The third-order valence-corrected chi connectivity index (χ3v) is 6.74. The molecule has 1 fully saturated rings. The highest BCUT2D eigenvalue weighted by atomic mass is 16.5. The normalized spacial score (nSPS) is 20.9. The molecule has 1 aromatic heterocycles. The van der Waals surface area contributed by atoms with Gasteiger partial charge in [0.2, 0.25) is 0 Å². The number of fused-ring (bicyclic) bond motifs is 1. The molecule has 1 heterocycles. The number of para-hydroxylation sites is 2. The number of rotatable bonds is 8. The van der Waals surface area contributed by atoms with E-state index in [0.717, 1.165) is 60.2 Å². The van der Waals surface area contributed by atoms with Gasteiger partial charge in [-0.05, 0) is 82.4 Å². The fourth-order valence-corrected chi connectivity index (χ4v) is 4.48. The predicted octanol–water partition coefficient (Wildman–Crippen LogP) is 7.04. The molecule has 5 nitrogen and oxygen atoms in total. The maximum atomic E-state index is 11.5. The average molecular weight is 448 g/mol. The number of hydrogen-bond acceptors (Lipinski definition) is 4. The Balaban J connectivity index is 1.63. The van der Waals surface area contributed by atoms with Gasteiger partial charge in [0.15, 0.2) is 0 Å². The van der Waals surface area contributed by atoms with Crippen LogP contribution in [0.3, 0.4) is 0 Å². The van der Waals surface area contributed by atoms with Crippen molar-refractivity contribution in [3.8, 4) is 0 Å². The Labute approximate surface area is 197 Å². The summed E-state index contributed by atoms with van der Waals surface area (Å²) in [6.45, 7) is 8.53. The summed E-state index contributed by atoms with van der Waals surface area (Å²) < 4.78 is 4.82. The van der Waals surface area contributed by atoms with Crippen molar-refractivity contribution in [2.45, 2.75) is 66.2 Å². The first-order valence-corrected chi connectivity index (χ1v) is 12.0. The molecule has 0 saturated heterocycles. The lowest BCUT2D eigenvalue weighted by Gasteiger charge is -2.28. The molecule has 1 aliphatic rings. The minimum absolute atomic E-state index is 0.0831. The summed E-state index contributed by atoms with van der Waals surface area (Å²) in [5, 5.41) is 0. The molecule has 176 valence electrons. The Morgan fingerprint density at radius 2 is 1.88 bits per heavy atom. The van der Waals surface area contributed by atoms with E-state index in [1.807, 2.05) is 37.4 Å². The number of ether oxygens (including phenoxy) is 1. The molecule has 33 heavy (non-hydrogen) atoms. The molecule has 0 unspecified atom stereocenters. The topological polar surface area (TPSA) is 67.3 Å². The van der Waals surface area contributed by atoms with Crippen LogP contribution in [0.5, 0.6) is 0 Å². The van der Waals surface area contributed by atoms with Gasteiger partial charge in [-0.15, -0.1) is 0 Å². The fourth-order valence-electron chi connectivity index (χ4n) is 4.48. The van der Waals surface area contributed by atoms with E-state index in [1.54, 1.807) is 0 Å². The van der Waals surface area contributed by atoms with Crippen LogP contribution < -0.4 is 0 Å². The van der Waals surface area contributed by atoms with Crippen LogP contribution in [-0.2, 0) is 9.53 Å². The summed E-state index contributed by atoms with van der Waals surface area (Å²) in [5.41, 5.74) is 6.70. The van der Waals surface area contributed by atoms with Gasteiger partial charge in [-0.1, -0.05) is 36.8 Å². The SMILES string of the molecule is CCC(=NC=C(C)c1nc2ccccc2[nH]1)/C(C)=C/C=C(C)C1CCC(CC(=O)OC)CC1. The summed E-state index contributed by atoms with van der Waals surface area (Å²) in [6.07, 6.45) is 12.3. The van der Waals surface area contributed by atoms with Crippen molar-refractivity contribution < 1.29 is 9.53 Å². The molecule has 0 amide bonds. The summed E-state index contributed by atoms with van der Waals surface area (Å²) in [4.78, 5) is 24.3. The van der Waals surface area contributed by atoms with Gasteiger partial charge in [-0.25, -0.2) is 4.98 Å². The van der Waals surface area contributed by atoms with Crippen LogP contribution in [0.1, 0.15) is 72.0 Å². The van der Waals surface area contributed by atoms with Gasteiger partial charge in [-0.3, -0.25) is 9.79 Å². The first kappa shape index (κ1) is 24.7. The van der Waals surface area contributed by atoms with Gasteiger partial charge < -0.3 is 9.72 Å². The molecule has 1 saturated carbocycles. The third kappa shape index (κ3) is 6.77. The van der Waals surface area contributed by atoms with Gasteiger partial charge in [0.05, 0.1) is 18.1 Å². The minimum Gasteiger partial charge on any atom is -0.469 e. The number of methoxy groups -OCH3 is 1. The fraction of sp³-hybridized carbons (Fsp3) is 0.464. The Bertz CT molecular complexity index is 1050. The molecule has 5 heteroatoms. The molecule has 0 aliphatic heterocycles. The number of nitrogens with zero attached hydrogens (tertiary/aromatic N) is 2. The molecular weight excluding hydrogens is 410 g/mol. The molecule has 0 radical (unpaired) electrons. The van der Waals surface area contributed by atoms with Crippen LogP contribution in [0, 0.1) is 11.8 Å². The Morgan fingerprint density at radius 1 is 1.15 bits per heavy atom. The van der Waals surface area contributed by atoms with Crippen molar-refractivity contribution in [3.63, 3.8) is 0 Å². The van der Waals surface area contributed by atoms with Crippen LogP contribution in [0.2, 0.25) is 0 Å². The number of allylic oxidation sites excluding steroid dienone is 5. The number of aromatic nitrogens is 2. The number of hydrogen-bond donors (Lipinski definition) is 1. The zero-order valence-corrected chi connectivity index (χ0v) is 20.6. The van der Waals surface area contributed by atoms with Gasteiger partial charge in [0.25, 0.3) is 0 Å². The van der Waals surface area contributed by atoms with Crippen molar-refractivity contribution in [1.29, 1.82) is 0 Å². The number of nitrogens with one attached hydrogen (secondary N) is 1. The quantitative estimate of drug-likeness (QED) is 0.268. The standard InChI is InChI=1S/C28H37N3O2/c1-6-24(29-18-21(4)28-30-25-9-7-8-10-26(25)31-28)20(3)12-11-19(2)23-15-13-22(14-16-23)17-27(32)33-5/h7-12,18,22-23H,6,13-17H2,1-5H3,(H,30,31)/b19-11?,20-12+,21-18?,29-24?. The molecule has 1 aliphatic carbocycles. The number of carbonyl (C=O) groups is 1. The van der Waals surface area contributed by atoms with E-state index in [9.17, 15) is 4.79 Å². The highest BCUT2D eigenvalue weighted by Crippen LogP contribution is 2.34. The number of imidazole rings is 1. The highest BCUT2D eigenvalue weighted by Gasteiger charge is 2.24. The molecule has 0 spiro atoms. The lowest BCUT2D eigenvalue weighted by Crippen LogP contribution is -2.18. The summed E-state index contributed by atoms with van der Waals surface area (Å²) in [7, 11) is 1.47. The van der Waals surface area contributed by atoms with Crippen molar-refractivity contribution >= 4 is 28.3 Å². The van der Waals surface area contributed by atoms with Crippen LogP contribution >= 0.6 is 0 Å². The summed E-state index contributed by atoms with van der Waals surface area (Å²) in [5.74, 6) is 1.84. The maximum absolute atomic E-state index is 11.5. The second kappa shape index (κ2) is 11.8. The first-order chi connectivity index (χ1) is 15.9. The van der Waals surface area contributed by atoms with E-state index in [-0.39, 0.29) is 5.97 Å². The molecule has 3 rings (SSSR count). The maximum Gasteiger partial charge on any atom is 0.305 e. The molecule has 1 aromatic carbocycles. The molecule has 1 N–H and O–H groups in total. The van der Waals surface area contributed by atoms with Gasteiger partial charge in [0, 0.05) is 23.9 Å². The Morgan fingerprint density at radius 3 is 2.55 bits per heavy atom. The predicted molar refractivity (Wildman–Crippen MR) is 137 cm³/mol. The Kier molecular flexibility index (Phi) is 8.81. The lowest BCUT2D eigenvalue weighted by molar-refractivity contribution is -0.142. The van der Waals surface area contributed by atoms with Gasteiger partial charge in [-0.2, -0.15) is 0 Å². The lowest BCUT2D eigenvalue weighted by atomic mass is 9.77. The minimum atomic E-state index is -0.0831. The zero-order valence-electron chi connectivity index (χ0n) is 20.6. The van der Waals surface area contributed by atoms with E-state index >= 15 is 0 Å². The number of benzene rings is 1. The van der Waals surface area contributed by atoms with Crippen molar-refractivity contribution in [1.82, 2.24) is 9.97 Å². The van der Waals surface area contributed by atoms with E-state index in [0.29, 0.717) is 18.3 Å². The number of aromatic amines is 1. The number of esters is 1. The van der Waals surface area contributed by atoms with Crippen molar-refractivity contribution in [3.05, 3.63) is 59.6 Å². The molecular formula is C28H37N3O2. The van der Waals surface area contributed by atoms with Gasteiger partial charge >= 0.3 is 5.97 Å². The van der Waals surface area contributed by atoms with E-state index in [4.69, 9.17) is 9.73 Å². The van der Waals surface area contributed by atoms with E-state index < -0.39 is 0 Å². The van der Waals surface area contributed by atoms with Crippen LogP contribution in [-0.4, -0.2) is 28.8 Å². The summed E-state index contributed by atoms with van der Waals surface area (Å²) >= 11 is 0. The van der Waals surface area contributed by atoms with E-state index in [2.05, 4.69) is 42.9 Å². The largest absolute Gasteiger partial charge is 0.469 e. The van der Waals surface area contributed by atoms with Gasteiger partial charge in [0.1, 0.15) is 5.82 Å². The average Bonchev–Trinajstić information content (AvgIpc) is 3.27. The highest BCUT2D eigenvalue weighted by molar-refractivity contribution is 6.00. The molecule has 0 atom stereocenters. The zero-order chi connectivity index (χ0) is 23.8. The first-order valence-electron chi connectivity index (χ1n) is 12.0. The third-order valence-electron chi connectivity index (χ3n) is 6.74. The smallest absolute Gasteiger partial charge is 0.305 e. The Hall–Kier alpha value is -2.95. The monoisotopic (exact) mass is 447 g/mol. The second-order valence-corrected chi connectivity index (χ2v) is 9.10. The van der Waals surface area contributed by atoms with Crippen LogP contribution in [0.25, 0.3) is 16.6 Å². The number of carbonyl (C=O) groups excluding carboxylic acids is 1. The number of aliphatic imine (C=N–C) groups is 1. The van der Waals surface area contributed by atoms with Crippen molar-refractivity contribution in [2.75, 3.05) is 7.11 Å². The second-order valence-electron chi connectivity index (χ2n) is 9.10. The molecule has 0 bridgehead atoms. The molecule has 2 aromatic rings. The summed E-state index contributed by atoms with van der Waals surface area (Å²) in [6, 6.07) is 8.05. The van der Waals surface area contributed by atoms with Crippen LogP contribution in [0.4, 0.5) is 0 Å².